The molecular formula is C14H21N5. The summed E-state index contributed by atoms with van der Waals surface area (Å²) in [5, 5.41) is 3.59. The Morgan fingerprint density at radius 2 is 1.95 bits per heavy atom. The molecule has 2 aromatic rings. The molecule has 0 bridgehead atoms. The lowest BCUT2D eigenvalue weighted by Gasteiger charge is -2.32. The first kappa shape index (κ1) is 13.7. The summed E-state index contributed by atoms with van der Waals surface area (Å²) in [5.74, 6) is 0. The molecule has 5 heteroatoms. The van der Waals surface area contributed by atoms with E-state index < -0.39 is 0 Å². The van der Waals surface area contributed by atoms with Gasteiger partial charge in [-0.2, -0.15) is 0 Å². The second kappa shape index (κ2) is 5.93. The number of rotatable bonds is 5. The largest absolute Gasteiger partial charge is 0.336 e. The van der Waals surface area contributed by atoms with Gasteiger partial charge in [0.15, 0.2) is 0 Å². The molecule has 0 fully saturated rings. The highest BCUT2D eigenvalue weighted by Crippen LogP contribution is 2.21. The van der Waals surface area contributed by atoms with E-state index in [9.17, 15) is 0 Å². The molecule has 0 saturated heterocycles. The van der Waals surface area contributed by atoms with Gasteiger partial charge < -0.3 is 9.88 Å². The van der Waals surface area contributed by atoms with Crippen LogP contribution in [0.15, 0.2) is 37.4 Å². The van der Waals surface area contributed by atoms with Gasteiger partial charge in [0, 0.05) is 49.5 Å². The predicted octanol–water partition coefficient (Wildman–Crippen LogP) is 1.88. The molecule has 2 aromatic heterocycles. The van der Waals surface area contributed by atoms with Gasteiger partial charge in [-0.15, -0.1) is 0 Å². The molecule has 0 aliphatic carbocycles. The van der Waals surface area contributed by atoms with Crippen molar-refractivity contribution in [2.24, 2.45) is 5.41 Å². The highest BCUT2D eigenvalue weighted by Gasteiger charge is 2.24. The van der Waals surface area contributed by atoms with Gasteiger partial charge in [-0.1, -0.05) is 20.8 Å². The molecule has 0 saturated carbocycles. The van der Waals surface area contributed by atoms with Gasteiger partial charge in [-0.05, 0) is 5.41 Å². The first-order valence-corrected chi connectivity index (χ1v) is 6.49. The van der Waals surface area contributed by atoms with Crippen LogP contribution in [-0.2, 0) is 13.1 Å². The van der Waals surface area contributed by atoms with Crippen molar-refractivity contribution in [1.82, 2.24) is 24.8 Å². The highest BCUT2D eigenvalue weighted by atomic mass is 15.1. The van der Waals surface area contributed by atoms with Crippen LogP contribution in [0.5, 0.6) is 0 Å². The molecule has 1 N–H and O–H groups in total. The SMILES string of the molecule is CC(C)(C)C(Cn1ccnc1)NCc1cncnc1. The summed E-state index contributed by atoms with van der Waals surface area (Å²) < 4.78 is 2.10. The fraction of sp³-hybridized carbons (Fsp3) is 0.500. The van der Waals surface area contributed by atoms with Crippen molar-refractivity contribution in [3.63, 3.8) is 0 Å². The summed E-state index contributed by atoms with van der Waals surface area (Å²) in [6.45, 7) is 8.39. The molecule has 5 nitrogen and oxygen atoms in total. The van der Waals surface area contributed by atoms with Crippen LogP contribution in [0.4, 0.5) is 0 Å². The average Bonchev–Trinajstić information content (AvgIpc) is 2.87. The predicted molar refractivity (Wildman–Crippen MR) is 74.3 cm³/mol. The number of hydrogen-bond acceptors (Lipinski definition) is 4. The standard InChI is InChI=1S/C14H21N5/c1-14(2,3)13(9-19-5-4-15-11-19)18-8-12-6-16-10-17-7-12/h4-7,10-11,13,18H,8-9H2,1-3H3. The minimum Gasteiger partial charge on any atom is -0.336 e. The fourth-order valence-corrected chi connectivity index (χ4v) is 1.91. The van der Waals surface area contributed by atoms with Gasteiger partial charge in [0.25, 0.3) is 0 Å². The summed E-state index contributed by atoms with van der Waals surface area (Å²) in [7, 11) is 0. The second-order valence-electron chi connectivity index (χ2n) is 5.81. The third-order valence-electron chi connectivity index (χ3n) is 3.16. The Labute approximate surface area is 114 Å². The molecule has 0 aliphatic heterocycles. The maximum atomic E-state index is 4.09. The molecule has 0 radical (unpaired) electrons. The van der Waals surface area contributed by atoms with Crippen LogP contribution in [-0.4, -0.2) is 25.6 Å². The summed E-state index contributed by atoms with van der Waals surface area (Å²) in [4.78, 5) is 12.2. The van der Waals surface area contributed by atoms with E-state index in [0.29, 0.717) is 6.04 Å². The Hall–Kier alpha value is -1.75. The summed E-state index contributed by atoms with van der Waals surface area (Å²) in [5.41, 5.74) is 1.27. The van der Waals surface area contributed by atoms with Crippen LogP contribution in [0.2, 0.25) is 0 Å². The summed E-state index contributed by atoms with van der Waals surface area (Å²) in [6, 6.07) is 0.349. The van der Waals surface area contributed by atoms with Crippen LogP contribution < -0.4 is 5.32 Å². The first-order chi connectivity index (χ1) is 9.05. The Morgan fingerprint density at radius 1 is 1.21 bits per heavy atom. The first-order valence-electron chi connectivity index (χ1n) is 6.49. The number of hydrogen-bond donors (Lipinski definition) is 1. The van der Waals surface area contributed by atoms with Gasteiger partial charge in [0.1, 0.15) is 6.33 Å². The second-order valence-corrected chi connectivity index (χ2v) is 5.81. The Balaban J connectivity index is 1.99. The third-order valence-corrected chi connectivity index (χ3v) is 3.16. The lowest BCUT2D eigenvalue weighted by atomic mass is 9.86. The van der Waals surface area contributed by atoms with Crippen molar-refractivity contribution in [2.75, 3.05) is 0 Å². The molecule has 1 unspecified atom stereocenters. The van der Waals surface area contributed by atoms with Crippen molar-refractivity contribution in [2.45, 2.75) is 39.9 Å². The van der Waals surface area contributed by atoms with Crippen LogP contribution in [0.1, 0.15) is 26.3 Å². The van der Waals surface area contributed by atoms with E-state index in [2.05, 4.69) is 45.6 Å². The molecular weight excluding hydrogens is 238 g/mol. The number of nitrogens with zero attached hydrogens (tertiary/aromatic N) is 4. The van der Waals surface area contributed by atoms with Crippen LogP contribution in [0.25, 0.3) is 0 Å². The smallest absolute Gasteiger partial charge is 0.115 e. The molecule has 1 atom stereocenters. The van der Waals surface area contributed by atoms with Crippen molar-refractivity contribution < 1.29 is 0 Å². The number of imidazole rings is 1. The van der Waals surface area contributed by atoms with E-state index in [1.54, 1.807) is 6.33 Å². The Morgan fingerprint density at radius 3 is 2.53 bits per heavy atom. The maximum Gasteiger partial charge on any atom is 0.115 e. The Kier molecular flexibility index (Phi) is 4.27. The monoisotopic (exact) mass is 259 g/mol. The minimum atomic E-state index is 0.167. The van der Waals surface area contributed by atoms with Crippen molar-refractivity contribution in [3.8, 4) is 0 Å². The molecule has 102 valence electrons. The van der Waals surface area contributed by atoms with Crippen LogP contribution >= 0.6 is 0 Å². The molecule has 0 aliphatic rings. The zero-order valence-electron chi connectivity index (χ0n) is 11.7. The van der Waals surface area contributed by atoms with E-state index in [-0.39, 0.29) is 5.41 Å². The van der Waals surface area contributed by atoms with Gasteiger partial charge in [-0.3, -0.25) is 0 Å². The van der Waals surface area contributed by atoms with E-state index in [4.69, 9.17) is 0 Å². The van der Waals surface area contributed by atoms with Crippen molar-refractivity contribution in [1.29, 1.82) is 0 Å². The van der Waals surface area contributed by atoms with Gasteiger partial charge >= 0.3 is 0 Å². The van der Waals surface area contributed by atoms with E-state index in [1.807, 2.05) is 31.1 Å². The zero-order chi connectivity index (χ0) is 13.7. The molecule has 19 heavy (non-hydrogen) atoms. The van der Waals surface area contributed by atoms with Gasteiger partial charge in [0.2, 0.25) is 0 Å². The summed E-state index contributed by atoms with van der Waals surface area (Å²) >= 11 is 0. The molecule has 0 spiro atoms. The van der Waals surface area contributed by atoms with E-state index in [0.717, 1.165) is 18.7 Å². The van der Waals surface area contributed by atoms with Crippen molar-refractivity contribution in [3.05, 3.63) is 43.0 Å². The topological polar surface area (TPSA) is 55.6 Å². The normalized spacial score (nSPS) is 13.4. The minimum absolute atomic E-state index is 0.167. The number of aromatic nitrogens is 4. The fourth-order valence-electron chi connectivity index (χ4n) is 1.91. The Bertz CT molecular complexity index is 472. The van der Waals surface area contributed by atoms with Gasteiger partial charge in [-0.25, -0.2) is 15.0 Å². The van der Waals surface area contributed by atoms with Crippen molar-refractivity contribution >= 4 is 0 Å². The van der Waals surface area contributed by atoms with E-state index in [1.165, 1.54) is 0 Å². The average molecular weight is 259 g/mol. The maximum absolute atomic E-state index is 4.09. The van der Waals surface area contributed by atoms with Gasteiger partial charge in [0.05, 0.1) is 6.33 Å². The molecule has 2 heterocycles. The lowest BCUT2D eigenvalue weighted by molar-refractivity contribution is 0.240. The number of nitrogens with one attached hydrogen (secondary N) is 1. The lowest BCUT2D eigenvalue weighted by Crippen LogP contribution is -2.43. The highest BCUT2D eigenvalue weighted by molar-refractivity contribution is 5.02. The molecule has 0 aromatic carbocycles. The van der Waals surface area contributed by atoms with Crippen LogP contribution in [0, 0.1) is 5.41 Å². The van der Waals surface area contributed by atoms with E-state index >= 15 is 0 Å². The molecule has 2 rings (SSSR count). The third kappa shape index (κ3) is 4.13. The van der Waals surface area contributed by atoms with Crippen LogP contribution in [0.3, 0.4) is 0 Å². The summed E-state index contributed by atoms with van der Waals surface area (Å²) in [6.07, 6.45) is 10.9. The quantitative estimate of drug-likeness (QED) is 0.890. The zero-order valence-corrected chi connectivity index (χ0v) is 11.7. The molecule has 0 amide bonds.